The van der Waals surface area contributed by atoms with Gasteiger partial charge in [-0.1, -0.05) is 0 Å². The molecule has 0 saturated heterocycles. The molecule has 0 saturated carbocycles. The third kappa shape index (κ3) is 0.904. The monoisotopic (exact) mass is 199 g/mol. The zero-order valence-electron chi connectivity index (χ0n) is 5.90. The van der Waals surface area contributed by atoms with Crippen LogP contribution in [0.3, 0.4) is 0 Å². The van der Waals surface area contributed by atoms with Gasteiger partial charge in [-0.2, -0.15) is 0 Å². The highest BCUT2D eigenvalue weighted by molar-refractivity contribution is 7.28. The quantitative estimate of drug-likeness (QED) is 0.735. The summed E-state index contributed by atoms with van der Waals surface area (Å²) in [4.78, 5) is 11.0. The maximum Gasteiger partial charge on any atom is 0.262 e. The molecular weight excluding hydrogens is 194 g/mol. The number of thiophene rings is 2. The highest BCUT2D eigenvalue weighted by Gasteiger charge is 2.15. The van der Waals surface area contributed by atoms with Crippen LogP contribution in [-0.2, 0) is 0 Å². The van der Waals surface area contributed by atoms with Crippen molar-refractivity contribution >= 4 is 38.0 Å². The normalized spacial score (nSPS) is 10.7. The van der Waals surface area contributed by atoms with Crippen LogP contribution in [0.1, 0.15) is 9.67 Å². The minimum absolute atomic E-state index is 0.0255. The van der Waals surface area contributed by atoms with Crippen LogP contribution in [0, 0.1) is 0 Å². The lowest BCUT2D eigenvalue weighted by Gasteiger charge is -1.88. The summed E-state index contributed by atoms with van der Waals surface area (Å²) in [5.74, 6) is -0.543. The van der Waals surface area contributed by atoms with Gasteiger partial charge in [0, 0.05) is 4.70 Å². The summed E-state index contributed by atoms with van der Waals surface area (Å²) < 4.78 is 1.65. The Morgan fingerprint density at radius 2 is 2.33 bits per heavy atom. The molecule has 2 aromatic rings. The molecule has 0 spiro atoms. The van der Waals surface area contributed by atoms with Gasteiger partial charge in [0.2, 0.25) is 0 Å². The van der Waals surface area contributed by atoms with Gasteiger partial charge in [-0.25, -0.2) is 0 Å². The Morgan fingerprint density at radius 1 is 1.58 bits per heavy atom. The Balaban J connectivity index is 2.78. The lowest BCUT2D eigenvalue weighted by molar-refractivity contribution is 0.100. The third-order valence-electron chi connectivity index (χ3n) is 1.50. The molecule has 0 bridgehead atoms. The molecule has 2 rings (SSSR count). The predicted octanol–water partition coefficient (Wildman–Crippen LogP) is 1.77. The summed E-state index contributed by atoms with van der Waals surface area (Å²) in [5, 5.41) is 11.3. The molecule has 3 N–H and O–H groups in total. The molecule has 1 amide bonds. The zero-order chi connectivity index (χ0) is 8.72. The van der Waals surface area contributed by atoms with E-state index in [9.17, 15) is 9.90 Å². The number of rotatable bonds is 1. The van der Waals surface area contributed by atoms with Crippen LogP contribution in [0.2, 0.25) is 0 Å². The second kappa shape index (κ2) is 2.46. The SMILES string of the molecule is NC(=O)c1sc2ccsc2c1O. The number of nitrogens with two attached hydrogens (primary N) is 1. The van der Waals surface area contributed by atoms with Gasteiger partial charge >= 0.3 is 0 Å². The van der Waals surface area contributed by atoms with E-state index in [1.807, 2.05) is 11.4 Å². The van der Waals surface area contributed by atoms with Gasteiger partial charge in [-0.05, 0) is 11.4 Å². The molecule has 0 radical (unpaired) electrons. The maximum absolute atomic E-state index is 10.8. The van der Waals surface area contributed by atoms with Crippen molar-refractivity contribution < 1.29 is 9.90 Å². The number of amides is 1. The van der Waals surface area contributed by atoms with E-state index in [0.717, 1.165) is 9.40 Å². The lowest BCUT2D eigenvalue weighted by Crippen LogP contribution is -2.08. The summed E-state index contributed by atoms with van der Waals surface area (Å²) in [6, 6.07) is 1.86. The standard InChI is InChI=1S/C7H5NO2S2/c8-7(10)6-4(9)5-3(12-6)1-2-11-5/h1-2,9H,(H2,8,10). The van der Waals surface area contributed by atoms with E-state index in [2.05, 4.69) is 0 Å². The Kier molecular flexibility index (Phi) is 1.55. The van der Waals surface area contributed by atoms with Crippen LogP contribution >= 0.6 is 22.7 Å². The molecule has 0 unspecified atom stereocenters. The molecule has 2 heterocycles. The first kappa shape index (κ1) is 7.57. The van der Waals surface area contributed by atoms with Crippen molar-refractivity contribution in [1.29, 1.82) is 0 Å². The Morgan fingerprint density at radius 3 is 2.92 bits per heavy atom. The van der Waals surface area contributed by atoms with Gasteiger partial charge in [-0.3, -0.25) is 4.79 Å². The van der Waals surface area contributed by atoms with Crippen LogP contribution in [0.15, 0.2) is 11.4 Å². The van der Waals surface area contributed by atoms with E-state index < -0.39 is 5.91 Å². The van der Waals surface area contributed by atoms with E-state index in [1.54, 1.807) is 0 Å². The molecule has 2 aromatic heterocycles. The molecule has 0 aliphatic rings. The zero-order valence-corrected chi connectivity index (χ0v) is 7.54. The van der Waals surface area contributed by atoms with Gasteiger partial charge in [0.15, 0.2) is 5.75 Å². The van der Waals surface area contributed by atoms with Crippen LogP contribution in [-0.4, -0.2) is 11.0 Å². The summed E-state index contributed by atoms with van der Waals surface area (Å²) in [7, 11) is 0. The van der Waals surface area contributed by atoms with Crippen LogP contribution < -0.4 is 5.73 Å². The number of hydrogen-bond donors (Lipinski definition) is 2. The second-order valence-electron chi connectivity index (χ2n) is 2.26. The molecule has 5 heteroatoms. The average molecular weight is 199 g/mol. The van der Waals surface area contributed by atoms with Crippen LogP contribution in [0.4, 0.5) is 0 Å². The minimum Gasteiger partial charge on any atom is -0.505 e. The highest BCUT2D eigenvalue weighted by atomic mass is 32.1. The van der Waals surface area contributed by atoms with Gasteiger partial charge < -0.3 is 10.8 Å². The van der Waals surface area contributed by atoms with Crippen molar-refractivity contribution in [2.24, 2.45) is 5.73 Å². The minimum atomic E-state index is -0.569. The number of hydrogen-bond acceptors (Lipinski definition) is 4. The maximum atomic E-state index is 10.8. The number of carbonyl (C=O) groups excluding carboxylic acids is 1. The lowest BCUT2D eigenvalue weighted by atomic mass is 10.4. The van der Waals surface area contributed by atoms with Crippen molar-refractivity contribution in [3.05, 3.63) is 16.3 Å². The van der Waals surface area contributed by atoms with E-state index in [4.69, 9.17) is 5.73 Å². The number of fused-ring (bicyclic) bond motifs is 1. The fourth-order valence-electron chi connectivity index (χ4n) is 0.979. The van der Waals surface area contributed by atoms with Crippen molar-refractivity contribution in [2.75, 3.05) is 0 Å². The fraction of sp³-hybridized carbons (Fsp3) is 0. The Bertz CT molecular complexity index is 443. The molecule has 0 atom stereocenters. The van der Waals surface area contributed by atoms with Gasteiger partial charge in [0.25, 0.3) is 5.91 Å². The highest BCUT2D eigenvalue weighted by Crippen LogP contribution is 2.39. The topological polar surface area (TPSA) is 63.3 Å². The average Bonchev–Trinajstić information content (AvgIpc) is 2.53. The Hall–Kier alpha value is -1.07. The van der Waals surface area contributed by atoms with Gasteiger partial charge in [0.1, 0.15) is 4.88 Å². The van der Waals surface area contributed by atoms with Crippen molar-refractivity contribution in [2.45, 2.75) is 0 Å². The molecule has 0 aliphatic heterocycles. The van der Waals surface area contributed by atoms with Crippen molar-refractivity contribution in [3.8, 4) is 5.75 Å². The van der Waals surface area contributed by atoms with Crippen LogP contribution in [0.25, 0.3) is 9.40 Å². The Labute approximate surface area is 76.1 Å². The molecule has 0 aliphatic carbocycles. The molecule has 0 fully saturated rings. The van der Waals surface area contributed by atoms with E-state index in [-0.39, 0.29) is 10.6 Å². The first-order chi connectivity index (χ1) is 5.70. The van der Waals surface area contributed by atoms with E-state index >= 15 is 0 Å². The molecule has 3 nitrogen and oxygen atoms in total. The number of aromatic hydroxyl groups is 1. The molecular formula is C7H5NO2S2. The fourth-order valence-corrected chi connectivity index (χ4v) is 2.98. The van der Waals surface area contributed by atoms with Crippen molar-refractivity contribution in [3.63, 3.8) is 0 Å². The molecule has 12 heavy (non-hydrogen) atoms. The smallest absolute Gasteiger partial charge is 0.262 e. The van der Waals surface area contributed by atoms with Gasteiger partial charge in [0.05, 0.1) is 4.70 Å². The third-order valence-corrected chi connectivity index (χ3v) is 3.70. The molecule has 0 aromatic carbocycles. The number of primary amides is 1. The molecule has 62 valence electrons. The van der Waals surface area contributed by atoms with Crippen LogP contribution in [0.5, 0.6) is 5.75 Å². The van der Waals surface area contributed by atoms with Gasteiger partial charge in [-0.15, -0.1) is 22.7 Å². The number of carbonyl (C=O) groups is 1. The first-order valence-electron chi connectivity index (χ1n) is 3.19. The van der Waals surface area contributed by atoms with E-state index in [1.165, 1.54) is 22.7 Å². The summed E-state index contributed by atoms with van der Waals surface area (Å²) in [5.41, 5.74) is 5.05. The summed E-state index contributed by atoms with van der Waals surface area (Å²) in [6.45, 7) is 0. The van der Waals surface area contributed by atoms with Crippen molar-refractivity contribution in [1.82, 2.24) is 0 Å². The summed E-state index contributed by atoms with van der Waals surface area (Å²) in [6.07, 6.45) is 0. The second-order valence-corrected chi connectivity index (χ2v) is 4.23. The predicted molar refractivity (Wildman–Crippen MR) is 49.9 cm³/mol. The first-order valence-corrected chi connectivity index (χ1v) is 4.88. The largest absolute Gasteiger partial charge is 0.505 e. The summed E-state index contributed by atoms with van der Waals surface area (Å²) >= 11 is 2.63. The van der Waals surface area contributed by atoms with E-state index in [0.29, 0.717) is 0 Å².